The molecule has 33 heavy (non-hydrogen) atoms. The summed E-state index contributed by atoms with van der Waals surface area (Å²) in [5, 5.41) is 24.1. The molecule has 10 nitrogen and oxygen atoms in total. The predicted molar refractivity (Wildman–Crippen MR) is 123 cm³/mol. The number of rotatable bonds is 11. The minimum absolute atomic E-state index is 0.0185. The second-order valence-electron chi connectivity index (χ2n) is 8.58. The number of benzene rings is 1. The highest BCUT2D eigenvalue weighted by Crippen LogP contribution is 2.29. The maximum Gasteiger partial charge on any atom is 0.310 e. The Kier molecular flexibility index (Phi) is 9.97. The quantitative estimate of drug-likeness (QED) is 0.276. The van der Waals surface area contributed by atoms with E-state index in [1.165, 1.54) is 0 Å². The molecule has 1 saturated heterocycles. The lowest BCUT2D eigenvalue weighted by Crippen LogP contribution is -2.54. The Bertz CT molecular complexity index is 925. The number of sulfonamides is 1. The molecular weight excluding hydrogens is 520 g/mol. The van der Waals surface area contributed by atoms with Crippen LogP contribution in [0, 0.1) is 5.92 Å². The molecule has 0 saturated carbocycles. The van der Waals surface area contributed by atoms with Gasteiger partial charge in [-0.25, -0.2) is 13.6 Å². The zero-order valence-corrected chi connectivity index (χ0v) is 20.9. The van der Waals surface area contributed by atoms with Crippen molar-refractivity contribution in [1.29, 1.82) is 0 Å². The van der Waals surface area contributed by atoms with Crippen LogP contribution in [0.25, 0.3) is 0 Å². The van der Waals surface area contributed by atoms with Crippen molar-refractivity contribution in [2.45, 2.75) is 68.8 Å². The third-order valence-corrected chi connectivity index (χ3v) is 7.09. The Morgan fingerprint density at radius 1 is 1.18 bits per heavy atom. The second-order valence-corrected chi connectivity index (χ2v) is 11.2. The van der Waals surface area contributed by atoms with Gasteiger partial charge in [-0.1, -0.05) is 41.9 Å². The molecule has 12 heteroatoms. The van der Waals surface area contributed by atoms with Gasteiger partial charge in [0.1, 0.15) is 18.3 Å². The summed E-state index contributed by atoms with van der Waals surface area (Å²) in [5.41, 5.74) is 6.61. The Morgan fingerprint density at radius 3 is 2.33 bits per heavy atom. The summed E-state index contributed by atoms with van der Waals surface area (Å²) in [7, 11) is -4.49. The molecule has 1 fully saturated rings. The van der Waals surface area contributed by atoms with Crippen molar-refractivity contribution < 1.29 is 37.7 Å². The molecule has 2 rings (SSSR count). The van der Waals surface area contributed by atoms with Gasteiger partial charge in [-0.2, -0.15) is 0 Å². The molecule has 0 spiro atoms. The summed E-state index contributed by atoms with van der Waals surface area (Å²) in [6.45, 7) is 3.49. The number of aliphatic hydroxyl groups is 2. The summed E-state index contributed by atoms with van der Waals surface area (Å²) in [4.78, 5) is 24.8. The van der Waals surface area contributed by atoms with Crippen molar-refractivity contribution in [3.8, 4) is 0 Å². The van der Waals surface area contributed by atoms with E-state index in [4.69, 9.17) is 20.3 Å². The maximum absolute atomic E-state index is 12.7. The van der Waals surface area contributed by atoms with E-state index >= 15 is 0 Å². The summed E-state index contributed by atoms with van der Waals surface area (Å²) in [5.74, 6) is -1.37. The molecule has 0 aliphatic carbocycles. The summed E-state index contributed by atoms with van der Waals surface area (Å²) >= 11 is 3.31. The van der Waals surface area contributed by atoms with Gasteiger partial charge in [-0.3, -0.25) is 9.59 Å². The molecule has 1 aliphatic rings. The number of carbonyl (C=O) groups is 2. The minimum atomic E-state index is -4.49. The van der Waals surface area contributed by atoms with Crippen molar-refractivity contribution in [3.63, 3.8) is 0 Å². The van der Waals surface area contributed by atoms with Crippen molar-refractivity contribution in [3.05, 3.63) is 34.3 Å². The topological polar surface area (TPSA) is 179 Å². The van der Waals surface area contributed by atoms with Crippen LogP contribution in [0.15, 0.2) is 28.7 Å². The Balaban J connectivity index is 1.99. The number of esters is 1. The fraction of sp³-hybridized carbons (Fsp3) is 0.619. The second kappa shape index (κ2) is 11.8. The van der Waals surface area contributed by atoms with Crippen molar-refractivity contribution in [2.75, 3.05) is 6.61 Å². The van der Waals surface area contributed by atoms with Gasteiger partial charge in [-0.05, 0) is 30.0 Å². The SMILES string of the molecule is CC(C)CC(N)C(=O)C(C1OC(CCOC(=O)Cc2ccc(Br)cc2)C(O)C1O)S(N)(=O)=O. The van der Waals surface area contributed by atoms with E-state index < -0.39 is 57.5 Å². The van der Waals surface area contributed by atoms with Crippen molar-refractivity contribution >= 4 is 37.7 Å². The van der Waals surface area contributed by atoms with Crippen LogP contribution in [0.2, 0.25) is 0 Å². The first-order valence-electron chi connectivity index (χ1n) is 10.5. The first kappa shape index (κ1) is 27.8. The molecule has 1 heterocycles. The smallest absolute Gasteiger partial charge is 0.310 e. The average molecular weight is 551 g/mol. The lowest BCUT2D eigenvalue weighted by molar-refractivity contribution is -0.144. The molecule has 0 radical (unpaired) electrons. The van der Waals surface area contributed by atoms with Gasteiger partial charge in [0.05, 0.1) is 25.2 Å². The highest BCUT2D eigenvalue weighted by Gasteiger charge is 2.52. The molecular formula is C21H31BrN2O8S. The largest absolute Gasteiger partial charge is 0.465 e. The monoisotopic (exact) mass is 550 g/mol. The van der Waals surface area contributed by atoms with E-state index in [1.54, 1.807) is 24.3 Å². The van der Waals surface area contributed by atoms with Crippen LogP contribution in [0.3, 0.4) is 0 Å². The highest BCUT2D eigenvalue weighted by molar-refractivity contribution is 9.10. The summed E-state index contributed by atoms with van der Waals surface area (Å²) < 4.78 is 35.9. The molecule has 1 aromatic rings. The summed E-state index contributed by atoms with van der Waals surface area (Å²) in [6, 6.07) is 6.00. The number of hydrogen-bond donors (Lipinski definition) is 4. The zero-order chi connectivity index (χ0) is 24.9. The normalized spacial score (nSPS) is 25.1. The lowest BCUT2D eigenvalue weighted by Gasteiger charge is -2.25. The fourth-order valence-electron chi connectivity index (χ4n) is 3.72. The first-order chi connectivity index (χ1) is 15.3. The Morgan fingerprint density at radius 2 is 1.79 bits per heavy atom. The van der Waals surface area contributed by atoms with E-state index in [0.717, 1.165) is 10.0 Å². The Labute approximate surface area is 201 Å². The van der Waals surface area contributed by atoms with E-state index in [2.05, 4.69) is 15.9 Å². The number of aliphatic hydroxyl groups excluding tert-OH is 2. The van der Waals surface area contributed by atoms with Crippen LogP contribution in [0.1, 0.15) is 32.3 Å². The van der Waals surface area contributed by atoms with Crippen LogP contribution in [-0.4, -0.2) is 72.7 Å². The molecule has 0 amide bonds. The molecule has 6 N–H and O–H groups in total. The van der Waals surface area contributed by atoms with Crippen LogP contribution >= 0.6 is 15.9 Å². The predicted octanol–water partition coefficient (Wildman–Crippen LogP) is 0.0137. The van der Waals surface area contributed by atoms with Gasteiger partial charge in [0.2, 0.25) is 10.0 Å². The molecule has 1 aromatic carbocycles. The van der Waals surface area contributed by atoms with Crippen LogP contribution in [-0.2, 0) is 35.5 Å². The van der Waals surface area contributed by atoms with E-state index in [1.807, 2.05) is 13.8 Å². The van der Waals surface area contributed by atoms with E-state index in [-0.39, 0.29) is 31.8 Å². The van der Waals surface area contributed by atoms with E-state index in [0.29, 0.717) is 0 Å². The lowest BCUT2D eigenvalue weighted by atomic mass is 9.95. The third kappa shape index (κ3) is 7.81. The minimum Gasteiger partial charge on any atom is -0.465 e. The molecule has 6 unspecified atom stereocenters. The first-order valence-corrected chi connectivity index (χ1v) is 12.9. The van der Waals surface area contributed by atoms with E-state index in [9.17, 15) is 28.2 Å². The highest BCUT2D eigenvalue weighted by atomic mass is 79.9. The number of Topliss-reactive ketones (excluding diaryl/α,β-unsaturated/α-hetero) is 1. The Hall–Kier alpha value is -1.41. The molecule has 1 aliphatic heterocycles. The van der Waals surface area contributed by atoms with Gasteiger partial charge in [0.25, 0.3) is 0 Å². The summed E-state index contributed by atoms with van der Waals surface area (Å²) in [6.07, 6.45) is -5.61. The third-order valence-electron chi connectivity index (χ3n) is 5.35. The van der Waals surface area contributed by atoms with Gasteiger partial charge < -0.3 is 25.4 Å². The standard InChI is InChI=1S/C21H31BrN2O8S/c1-11(2)9-14(23)17(26)21(33(24,29)30)20-19(28)18(27)15(32-20)7-8-31-16(25)10-12-3-5-13(22)6-4-12/h3-6,11,14-15,18-21,27-28H,7-10,23H2,1-2H3,(H2,24,29,30). The molecule has 0 aromatic heterocycles. The number of ketones is 1. The average Bonchev–Trinajstić information content (AvgIpc) is 2.96. The van der Waals surface area contributed by atoms with Crippen LogP contribution in [0.5, 0.6) is 0 Å². The van der Waals surface area contributed by atoms with Crippen molar-refractivity contribution in [1.82, 2.24) is 0 Å². The number of nitrogens with two attached hydrogens (primary N) is 2. The van der Waals surface area contributed by atoms with Gasteiger partial charge in [0, 0.05) is 10.9 Å². The van der Waals surface area contributed by atoms with Gasteiger partial charge in [0.15, 0.2) is 11.0 Å². The molecule has 0 bridgehead atoms. The van der Waals surface area contributed by atoms with Crippen molar-refractivity contribution in [2.24, 2.45) is 16.8 Å². The number of carbonyl (C=O) groups excluding carboxylic acids is 2. The molecule has 6 atom stereocenters. The number of ether oxygens (including phenoxy) is 2. The molecule has 186 valence electrons. The van der Waals surface area contributed by atoms with Gasteiger partial charge in [-0.15, -0.1) is 0 Å². The maximum atomic E-state index is 12.7. The zero-order valence-electron chi connectivity index (χ0n) is 18.5. The number of hydrogen-bond acceptors (Lipinski definition) is 9. The fourth-order valence-corrected chi connectivity index (χ4v) is 5.08. The number of halogens is 1. The number of primary sulfonamides is 1. The van der Waals surface area contributed by atoms with Gasteiger partial charge >= 0.3 is 5.97 Å². The van der Waals surface area contributed by atoms with Crippen LogP contribution in [0.4, 0.5) is 0 Å². The van der Waals surface area contributed by atoms with Crippen LogP contribution < -0.4 is 10.9 Å².